The predicted octanol–water partition coefficient (Wildman–Crippen LogP) is 4.70. The van der Waals surface area contributed by atoms with E-state index in [-0.39, 0.29) is 24.3 Å². The van der Waals surface area contributed by atoms with E-state index in [1.54, 1.807) is 53.4 Å². The Hall–Kier alpha value is -2.68. The largest absolute Gasteiger partial charge is 0.325 e. The lowest BCUT2D eigenvalue weighted by Gasteiger charge is -2.17. The van der Waals surface area contributed by atoms with Crippen LogP contribution in [0.1, 0.15) is 25.3 Å². The van der Waals surface area contributed by atoms with Crippen LogP contribution in [0.25, 0.3) is 5.57 Å². The van der Waals surface area contributed by atoms with Gasteiger partial charge in [-0.25, -0.2) is 0 Å². The van der Waals surface area contributed by atoms with E-state index in [0.717, 1.165) is 24.6 Å². The highest BCUT2D eigenvalue weighted by Crippen LogP contribution is 2.44. The van der Waals surface area contributed by atoms with Gasteiger partial charge in [-0.2, -0.15) is 0 Å². The molecular weight excluding hydrogens is 466 g/mol. The zero-order valence-electron chi connectivity index (χ0n) is 17.3. The van der Waals surface area contributed by atoms with Gasteiger partial charge in [0.25, 0.3) is 11.8 Å². The van der Waals surface area contributed by atoms with Crippen LogP contribution in [0, 0.1) is 0 Å². The number of rotatable bonds is 6. The zero-order valence-corrected chi connectivity index (χ0v) is 19.6. The van der Waals surface area contributed by atoms with Crippen LogP contribution < -0.4 is 10.2 Å². The topological polar surface area (TPSA) is 69.7 Å². The minimum atomic E-state index is -0.381. The number of halogens is 1. The molecule has 164 valence electrons. The maximum Gasteiger partial charge on any atom is 0.267 e. The summed E-state index contributed by atoms with van der Waals surface area (Å²) in [6, 6.07) is 13.9. The number of nitrogens with one attached hydrogen (secondary N) is 1. The number of carbonyl (C=O) groups is 3. The Morgan fingerprint density at radius 3 is 2.50 bits per heavy atom. The third kappa shape index (κ3) is 4.30. The van der Waals surface area contributed by atoms with Gasteiger partial charge in [-0.3, -0.25) is 24.2 Å². The van der Waals surface area contributed by atoms with E-state index in [1.807, 2.05) is 6.92 Å². The van der Waals surface area contributed by atoms with Crippen LogP contribution >= 0.6 is 35.6 Å². The molecule has 0 unspecified atom stereocenters. The summed E-state index contributed by atoms with van der Waals surface area (Å²) in [4.78, 5) is 42.4. The summed E-state index contributed by atoms with van der Waals surface area (Å²) in [5.74, 6) is -0.986. The molecule has 2 aromatic carbocycles. The first kappa shape index (κ1) is 22.5. The van der Waals surface area contributed by atoms with Crippen LogP contribution in [0.3, 0.4) is 0 Å². The summed E-state index contributed by atoms with van der Waals surface area (Å²) >= 11 is 12.4. The summed E-state index contributed by atoms with van der Waals surface area (Å²) < 4.78 is 0.454. The number of para-hydroxylation sites is 1. The van der Waals surface area contributed by atoms with Crippen LogP contribution in [0.5, 0.6) is 0 Å². The van der Waals surface area contributed by atoms with Crippen LogP contribution in [0.15, 0.2) is 53.4 Å². The minimum Gasteiger partial charge on any atom is -0.325 e. The fraction of sp³-hybridized carbons (Fsp3) is 0.217. The lowest BCUT2D eigenvalue weighted by molar-refractivity contribution is -0.122. The second-order valence-electron chi connectivity index (χ2n) is 7.35. The average Bonchev–Trinajstić information content (AvgIpc) is 3.20. The quantitative estimate of drug-likeness (QED) is 0.474. The molecule has 0 radical (unpaired) electrons. The smallest absolute Gasteiger partial charge is 0.267 e. The number of hydrogen-bond donors (Lipinski definition) is 1. The van der Waals surface area contributed by atoms with E-state index in [0.29, 0.717) is 43.3 Å². The lowest BCUT2D eigenvalue weighted by Crippen LogP contribution is -2.35. The molecule has 0 spiro atoms. The minimum absolute atomic E-state index is 0.182. The van der Waals surface area contributed by atoms with Crippen molar-refractivity contribution in [2.75, 3.05) is 23.3 Å². The fourth-order valence-electron chi connectivity index (χ4n) is 3.59. The monoisotopic (exact) mass is 485 g/mol. The van der Waals surface area contributed by atoms with Gasteiger partial charge < -0.3 is 5.32 Å². The SMILES string of the molecule is CCCCN1C(=O)C(=C2C(=O)N(CC(=O)Nc3ccc(Cl)cc3)c3ccccc32)SC1=S. The molecule has 1 saturated heterocycles. The van der Waals surface area contributed by atoms with Crippen molar-refractivity contribution >= 4 is 74.6 Å². The Kier molecular flexibility index (Phi) is 6.64. The van der Waals surface area contributed by atoms with E-state index in [1.165, 1.54) is 4.90 Å². The standard InChI is InChI=1S/C23H20ClN3O3S2/c1-2-3-12-26-22(30)20(32-23(26)31)19-16-6-4-5-7-17(16)27(21(19)29)13-18(28)25-15-10-8-14(24)9-11-15/h4-11H,2-3,12-13H2,1H3,(H,25,28). The normalized spacial score (nSPS) is 17.9. The number of thioether (sulfide) groups is 1. The van der Waals surface area contributed by atoms with Crippen molar-refractivity contribution in [2.24, 2.45) is 0 Å². The number of carbonyl (C=O) groups excluding carboxylic acids is 3. The third-order valence-corrected chi connectivity index (χ3v) is 6.86. The van der Waals surface area contributed by atoms with E-state index in [4.69, 9.17) is 23.8 Å². The lowest BCUT2D eigenvalue weighted by atomic mass is 10.1. The Labute approximate surface area is 200 Å². The number of amides is 3. The Bertz CT molecular complexity index is 1150. The van der Waals surface area contributed by atoms with Gasteiger partial charge in [0.15, 0.2) is 0 Å². The van der Waals surface area contributed by atoms with E-state index >= 15 is 0 Å². The zero-order chi connectivity index (χ0) is 22.8. The summed E-state index contributed by atoms with van der Waals surface area (Å²) in [7, 11) is 0. The molecule has 0 bridgehead atoms. The van der Waals surface area contributed by atoms with Crippen molar-refractivity contribution in [3.63, 3.8) is 0 Å². The van der Waals surface area contributed by atoms with Crippen molar-refractivity contribution in [1.82, 2.24) is 4.90 Å². The maximum atomic E-state index is 13.4. The van der Waals surface area contributed by atoms with Crippen LogP contribution in [0.2, 0.25) is 5.02 Å². The molecule has 2 aliphatic heterocycles. The van der Waals surface area contributed by atoms with Crippen molar-refractivity contribution in [2.45, 2.75) is 19.8 Å². The number of thiocarbonyl (C=S) groups is 1. The van der Waals surface area contributed by atoms with E-state index < -0.39 is 0 Å². The van der Waals surface area contributed by atoms with Gasteiger partial charge in [0, 0.05) is 22.8 Å². The van der Waals surface area contributed by atoms with Gasteiger partial charge in [0.1, 0.15) is 10.9 Å². The highest BCUT2D eigenvalue weighted by molar-refractivity contribution is 8.26. The van der Waals surface area contributed by atoms with Crippen LogP contribution in [-0.2, 0) is 14.4 Å². The van der Waals surface area contributed by atoms with Crippen LogP contribution in [-0.4, -0.2) is 40.0 Å². The Balaban J connectivity index is 1.62. The number of anilines is 2. The van der Waals surface area contributed by atoms with Gasteiger partial charge in [0.2, 0.25) is 5.91 Å². The molecule has 0 aromatic heterocycles. The highest BCUT2D eigenvalue weighted by Gasteiger charge is 2.42. The first-order valence-corrected chi connectivity index (χ1v) is 11.8. The molecule has 1 fully saturated rings. The molecule has 32 heavy (non-hydrogen) atoms. The van der Waals surface area contributed by atoms with E-state index in [2.05, 4.69) is 5.32 Å². The number of fused-ring (bicyclic) bond motifs is 1. The Morgan fingerprint density at radius 2 is 1.78 bits per heavy atom. The predicted molar refractivity (Wildman–Crippen MR) is 133 cm³/mol. The molecule has 6 nitrogen and oxygen atoms in total. The molecule has 9 heteroatoms. The summed E-state index contributed by atoms with van der Waals surface area (Å²) in [6.45, 7) is 2.39. The first-order valence-electron chi connectivity index (χ1n) is 10.1. The molecule has 2 heterocycles. The number of benzene rings is 2. The van der Waals surface area contributed by atoms with Gasteiger partial charge >= 0.3 is 0 Å². The van der Waals surface area contributed by atoms with E-state index in [9.17, 15) is 14.4 Å². The number of unbranched alkanes of at least 4 members (excludes halogenated alkanes) is 1. The van der Waals surface area contributed by atoms with Gasteiger partial charge in [-0.05, 0) is 36.8 Å². The van der Waals surface area contributed by atoms with Crippen molar-refractivity contribution in [3.8, 4) is 0 Å². The van der Waals surface area contributed by atoms with Gasteiger partial charge in [0.05, 0.1) is 16.2 Å². The summed E-state index contributed by atoms with van der Waals surface area (Å²) in [5, 5.41) is 3.33. The highest BCUT2D eigenvalue weighted by atomic mass is 35.5. The first-order chi connectivity index (χ1) is 15.4. The molecule has 2 aromatic rings. The average molecular weight is 486 g/mol. The summed E-state index contributed by atoms with van der Waals surface area (Å²) in [5.41, 5.74) is 2.11. The van der Waals surface area contributed by atoms with Crippen molar-refractivity contribution in [3.05, 3.63) is 64.0 Å². The van der Waals surface area contributed by atoms with Crippen LogP contribution in [0.4, 0.5) is 11.4 Å². The van der Waals surface area contributed by atoms with Crippen molar-refractivity contribution in [1.29, 1.82) is 0 Å². The molecule has 3 amide bonds. The second kappa shape index (κ2) is 9.44. The third-order valence-electron chi connectivity index (χ3n) is 5.16. The van der Waals surface area contributed by atoms with Gasteiger partial charge in [-0.1, -0.05) is 67.1 Å². The van der Waals surface area contributed by atoms with Gasteiger partial charge in [-0.15, -0.1) is 0 Å². The second-order valence-corrected chi connectivity index (χ2v) is 9.43. The molecule has 0 aliphatic carbocycles. The Morgan fingerprint density at radius 1 is 1.06 bits per heavy atom. The molecular formula is C23H20ClN3O3S2. The molecule has 2 aliphatic rings. The maximum absolute atomic E-state index is 13.4. The number of nitrogens with zero attached hydrogens (tertiary/aromatic N) is 2. The number of hydrogen-bond acceptors (Lipinski definition) is 5. The molecule has 1 N–H and O–H groups in total. The summed E-state index contributed by atoms with van der Waals surface area (Å²) in [6.07, 6.45) is 1.76. The molecule has 0 atom stereocenters. The fourth-order valence-corrected chi connectivity index (χ4v) is 5.10. The molecule has 4 rings (SSSR count). The van der Waals surface area contributed by atoms with Crippen molar-refractivity contribution < 1.29 is 14.4 Å². The molecule has 0 saturated carbocycles.